The molecule has 0 atom stereocenters. The molecule has 0 aliphatic carbocycles. The second-order valence-corrected chi connectivity index (χ2v) is 4.61. The van der Waals surface area contributed by atoms with Gasteiger partial charge in [-0.05, 0) is 32.0 Å². The average molecular weight is 285 g/mol. The number of nitrogen functional groups attached to an aromatic ring is 1. The number of ketones is 1. The Morgan fingerprint density at radius 1 is 1.19 bits per heavy atom. The molecule has 3 N–H and O–H groups in total. The molecule has 6 heteroatoms. The zero-order chi connectivity index (χ0) is 15.6. The Bertz CT molecular complexity index is 764. The monoisotopic (exact) mass is 285 g/mol. The fraction of sp³-hybridized carbons (Fsp3) is 0.133. The van der Waals surface area contributed by atoms with Crippen molar-refractivity contribution in [2.45, 2.75) is 13.8 Å². The molecule has 2 rings (SSSR count). The Morgan fingerprint density at radius 2 is 1.81 bits per heavy atom. The van der Waals surface area contributed by atoms with E-state index in [1.165, 1.54) is 13.0 Å². The van der Waals surface area contributed by atoms with Crippen LogP contribution in [-0.4, -0.2) is 16.4 Å². The largest absolute Gasteiger partial charge is 0.336 e. The summed E-state index contributed by atoms with van der Waals surface area (Å²) in [7, 11) is 0. The summed E-state index contributed by atoms with van der Waals surface area (Å²) < 4.78 is 0.858. The molecule has 1 heterocycles. The molecule has 0 bridgehead atoms. The number of benzene rings is 1. The van der Waals surface area contributed by atoms with Crippen molar-refractivity contribution in [3.05, 3.63) is 63.6 Å². The van der Waals surface area contributed by atoms with Gasteiger partial charge in [-0.15, -0.1) is 0 Å². The molecule has 0 saturated heterocycles. The lowest BCUT2D eigenvalue weighted by atomic mass is 10.1. The second kappa shape index (κ2) is 5.62. The van der Waals surface area contributed by atoms with Gasteiger partial charge in [0.1, 0.15) is 5.69 Å². The van der Waals surface area contributed by atoms with Gasteiger partial charge in [0.2, 0.25) is 0 Å². The number of nitrogens with one attached hydrogen (secondary N) is 1. The highest BCUT2D eigenvalue weighted by atomic mass is 16.2. The lowest BCUT2D eigenvalue weighted by molar-refractivity contribution is 0.100. The Kier molecular flexibility index (Phi) is 3.89. The van der Waals surface area contributed by atoms with E-state index in [-0.39, 0.29) is 11.5 Å². The first-order chi connectivity index (χ1) is 9.91. The number of amides is 1. The van der Waals surface area contributed by atoms with Crippen molar-refractivity contribution in [3.8, 4) is 0 Å². The third-order valence-electron chi connectivity index (χ3n) is 3.15. The van der Waals surface area contributed by atoms with Crippen molar-refractivity contribution in [2.75, 3.05) is 11.2 Å². The molecule has 0 saturated carbocycles. The summed E-state index contributed by atoms with van der Waals surface area (Å²) in [5, 5.41) is 2.49. The molecule has 0 radical (unpaired) electrons. The molecule has 1 aromatic heterocycles. The van der Waals surface area contributed by atoms with E-state index in [0.717, 1.165) is 4.68 Å². The molecule has 1 aromatic carbocycles. The summed E-state index contributed by atoms with van der Waals surface area (Å²) in [5.41, 5.74) is 0.458. The normalized spacial score (nSPS) is 10.2. The van der Waals surface area contributed by atoms with E-state index >= 15 is 0 Å². The number of carbonyl (C=O) groups is 2. The molecule has 1 amide bonds. The fourth-order valence-electron chi connectivity index (χ4n) is 1.95. The van der Waals surface area contributed by atoms with Gasteiger partial charge in [-0.25, -0.2) is 4.68 Å². The van der Waals surface area contributed by atoms with Gasteiger partial charge in [0.05, 0.1) is 5.69 Å². The first kappa shape index (κ1) is 14.5. The Hall–Kier alpha value is -2.89. The predicted molar refractivity (Wildman–Crippen MR) is 80.0 cm³/mol. The number of hydrogen-bond acceptors (Lipinski definition) is 4. The van der Waals surface area contributed by atoms with Crippen LogP contribution >= 0.6 is 0 Å². The van der Waals surface area contributed by atoms with Gasteiger partial charge in [0.15, 0.2) is 5.78 Å². The number of rotatable bonds is 3. The van der Waals surface area contributed by atoms with Crippen LogP contribution in [0.15, 0.2) is 41.2 Å². The van der Waals surface area contributed by atoms with Gasteiger partial charge in [-0.2, -0.15) is 0 Å². The molecule has 6 nitrogen and oxygen atoms in total. The molecule has 0 aliphatic heterocycles. The van der Waals surface area contributed by atoms with Gasteiger partial charge >= 0.3 is 0 Å². The Morgan fingerprint density at radius 3 is 2.38 bits per heavy atom. The van der Waals surface area contributed by atoms with Gasteiger partial charge in [-0.1, -0.05) is 18.2 Å². The maximum atomic E-state index is 12.1. The molecular formula is C15H15N3O3. The van der Waals surface area contributed by atoms with E-state index in [1.807, 2.05) is 0 Å². The van der Waals surface area contributed by atoms with E-state index in [1.54, 1.807) is 37.3 Å². The maximum absolute atomic E-state index is 12.1. The Balaban J connectivity index is 2.44. The van der Waals surface area contributed by atoms with E-state index in [4.69, 9.17) is 5.84 Å². The zero-order valence-corrected chi connectivity index (χ0v) is 11.7. The highest BCUT2D eigenvalue weighted by Crippen LogP contribution is 2.12. The van der Waals surface area contributed by atoms with Crippen LogP contribution in [0.3, 0.4) is 0 Å². The van der Waals surface area contributed by atoms with Gasteiger partial charge in [0.25, 0.3) is 11.5 Å². The van der Waals surface area contributed by atoms with Crippen LogP contribution in [0.1, 0.15) is 33.3 Å². The SMILES string of the molecule is CC(=O)c1cc(NC(=O)c2ccccc2)c(=O)n(N)c1C. The lowest BCUT2D eigenvalue weighted by Crippen LogP contribution is -2.33. The highest BCUT2D eigenvalue weighted by Gasteiger charge is 2.15. The molecule has 0 fully saturated rings. The number of carbonyl (C=O) groups excluding carboxylic acids is 2. The van der Waals surface area contributed by atoms with Crippen molar-refractivity contribution in [1.82, 2.24) is 4.68 Å². The van der Waals surface area contributed by atoms with E-state index in [0.29, 0.717) is 16.8 Å². The third-order valence-corrected chi connectivity index (χ3v) is 3.15. The second-order valence-electron chi connectivity index (χ2n) is 4.61. The summed E-state index contributed by atoms with van der Waals surface area (Å²) in [5.74, 6) is 4.96. The van der Waals surface area contributed by atoms with Crippen molar-refractivity contribution in [1.29, 1.82) is 0 Å². The van der Waals surface area contributed by atoms with E-state index in [2.05, 4.69) is 5.32 Å². The highest BCUT2D eigenvalue weighted by molar-refractivity contribution is 6.05. The molecule has 0 spiro atoms. The van der Waals surface area contributed by atoms with Crippen LogP contribution in [0.5, 0.6) is 0 Å². The topological polar surface area (TPSA) is 94.2 Å². The minimum Gasteiger partial charge on any atom is -0.336 e. The summed E-state index contributed by atoms with van der Waals surface area (Å²) in [6.45, 7) is 2.94. The van der Waals surface area contributed by atoms with E-state index in [9.17, 15) is 14.4 Å². The number of anilines is 1. The number of hydrogen-bond donors (Lipinski definition) is 2. The predicted octanol–water partition coefficient (Wildman–Crippen LogP) is 1.33. The minimum absolute atomic E-state index is 0.0258. The molecular weight excluding hydrogens is 270 g/mol. The molecule has 0 aliphatic rings. The number of Topliss-reactive ketones (excluding diaryl/α,β-unsaturated/α-hetero) is 1. The van der Waals surface area contributed by atoms with Crippen molar-refractivity contribution in [3.63, 3.8) is 0 Å². The van der Waals surface area contributed by atoms with Crippen molar-refractivity contribution < 1.29 is 9.59 Å². The van der Waals surface area contributed by atoms with Crippen LogP contribution in [0, 0.1) is 6.92 Å². The van der Waals surface area contributed by atoms with Crippen LogP contribution < -0.4 is 16.7 Å². The zero-order valence-electron chi connectivity index (χ0n) is 11.7. The standard InChI is InChI=1S/C15H15N3O3/c1-9-12(10(2)19)8-13(15(21)18(9)16)17-14(20)11-6-4-3-5-7-11/h3-8H,16H2,1-2H3,(H,17,20). The smallest absolute Gasteiger partial charge is 0.292 e. The maximum Gasteiger partial charge on any atom is 0.292 e. The average Bonchev–Trinajstić information content (AvgIpc) is 2.48. The summed E-state index contributed by atoms with van der Waals surface area (Å²) in [6, 6.07) is 9.80. The first-order valence-corrected chi connectivity index (χ1v) is 6.31. The Labute approximate surface area is 121 Å². The molecule has 108 valence electrons. The van der Waals surface area contributed by atoms with Crippen molar-refractivity contribution >= 4 is 17.4 Å². The first-order valence-electron chi connectivity index (χ1n) is 6.31. The minimum atomic E-state index is -0.568. The molecule has 21 heavy (non-hydrogen) atoms. The quantitative estimate of drug-likeness (QED) is 0.657. The van der Waals surface area contributed by atoms with Crippen LogP contribution in [0.2, 0.25) is 0 Å². The van der Waals surface area contributed by atoms with Gasteiger partial charge < -0.3 is 11.2 Å². The van der Waals surface area contributed by atoms with Gasteiger partial charge in [0, 0.05) is 11.1 Å². The molecule has 2 aromatic rings. The van der Waals surface area contributed by atoms with Crippen LogP contribution in [0.4, 0.5) is 5.69 Å². The van der Waals surface area contributed by atoms with E-state index < -0.39 is 11.5 Å². The van der Waals surface area contributed by atoms with Crippen LogP contribution in [-0.2, 0) is 0 Å². The number of nitrogens with two attached hydrogens (primary N) is 1. The summed E-state index contributed by atoms with van der Waals surface area (Å²) in [4.78, 5) is 35.7. The fourth-order valence-corrected chi connectivity index (χ4v) is 1.95. The number of aromatic nitrogens is 1. The van der Waals surface area contributed by atoms with Crippen LogP contribution in [0.25, 0.3) is 0 Å². The number of nitrogens with zero attached hydrogens (tertiary/aromatic N) is 1. The van der Waals surface area contributed by atoms with Gasteiger partial charge in [-0.3, -0.25) is 14.4 Å². The number of pyridine rings is 1. The summed E-state index contributed by atoms with van der Waals surface area (Å²) >= 11 is 0. The van der Waals surface area contributed by atoms with Crippen molar-refractivity contribution in [2.24, 2.45) is 0 Å². The third kappa shape index (κ3) is 2.84. The lowest BCUT2D eigenvalue weighted by Gasteiger charge is -2.12. The summed E-state index contributed by atoms with van der Waals surface area (Å²) in [6.07, 6.45) is 0. The molecule has 0 unspecified atom stereocenters.